The number of carbonyl (C=O) groups is 2. The molecule has 1 aliphatic rings. The third-order valence-electron chi connectivity index (χ3n) is 3.14. The van der Waals surface area contributed by atoms with Gasteiger partial charge in [0.05, 0.1) is 5.71 Å². The quantitative estimate of drug-likeness (QED) is 0.839. The number of amides is 2. The Morgan fingerprint density at radius 2 is 2.18 bits per heavy atom. The molecule has 1 atom stereocenters. The molecule has 1 aromatic carbocycles. The van der Waals surface area contributed by atoms with E-state index in [0.717, 1.165) is 11.3 Å². The van der Waals surface area contributed by atoms with Crippen LogP contribution in [0, 0.1) is 17.8 Å². The molecular weight excluding hydrogens is 282 g/mol. The first-order valence-electron chi connectivity index (χ1n) is 6.90. The van der Waals surface area contributed by atoms with Gasteiger partial charge in [0, 0.05) is 18.0 Å². The first kappa shape index (κ1) is 15.6. The SMILES string of the molecule is CC#CCOC(=O)Nc1ccc(C2=NNC(=O)CC2C)cc1. The summed E-state index contributed by atoms with van der Waals surface area (Å²) >= 11 is 0. The standard InChI is InChI=1S/C16H17N3O3/c1-3-4-9-22-16(21)17-13-7-5-12(6-8-13)15-11(2)10-14(20)18-19-15/h5-8,11H,9-10H2,1-2H3,(H,17,21)(H,18,20). The van der Waals surface area contributed by atoms with Crippen LogP contribution in [-0.2, 0) is 9.53 Å². The van der Waals surface area contributed by atoms with Crippen LogP contribution in [0.15, 0.2) is 29.4 Å². The molecule has 1 unspecified atom stereocenters. The molecule has 1 aromatic rings. The Morgan fingerprint density at radius 1 is 1.45 bits per heavy atom. The van der Waals surface area contributed by atoms with Gasteiger partial charge in [0.25, 0.3) is 0 Å². The largest absolute Gasteiger partial charge is 0.436 e. The lowest BCUT2D eigenvalue weighted by Gasteiger charge is -2.19. The summed E-state index contributed by atoms with van der Waals surface area (Å²) in [6, 6.07) is 7.20. The molecule has 1 heterocycles. The van der Waals surface area contributed by atoms with Crippen molar-refractivity contribution in [1.82, 2.24) is 5.43 Å². The van der Waals surface area contributed by atoms with Gasteiger partial charge in [-0.2, -0.15) is 5.10 Å². The van der Waals surface area contributed by atoms with Crippen molar-refractivity contribution in [2.75, 3.05) is 11.9 Å². The first-order chi connectivity index (χ1) is 10.6. The minimum absolute atomic E-state index is 0.0603. The number of carbonyl (C=O) groups excluding carboxylic acids is 2. The number of hydrogen-bond acceptors (Lipinski definition) is 4. The van der Waals surface area contributed by atoms with Gasteiger partial charge >= 0.3 is 6.09 Å². The first-order valence-corrected chi connectivity index (χ1v) is 6.90. The van der Waals surface area contributed by atoms with Crippen LogP contribution in [-0.4, -0.2) is 24.3 Å². The monoisotopic (exact) mass is 299 g/mol. The fourth-order valence-electron chi connectivity index (χ4n) is 2.05. The van der Waals surface area contributed by atoms with Gasteiger partial charge in [0.2, 0.25) is 5.91 Å². The van der Waals surface area contributed by atoms with Crippen LogP contribution in [0.25, 0.3) is 0 Å². The second-order valence-corrected chi connectivity index (χ2v) is 4.84. The van der Waals surface area contributed by atoms with Crippen LogP contribution in [0.1, 0.15) is 25.8 Å². The van der Waals surface area contributed by atoms with Gasteiger partial charge in [0.1, 0.15) is 0 Å². The minimum Gasteiger partial charge on any atom is -0.436 e. The molecule has 1 aliphatic heterocycles. The smallest absolute Gasteiger partial charge is 0.412 e. The van der Waals surface area contributed by atoms with E-state index in [1.54, 1.807) is 19.1 Å². The summed E-state index contributed by atoms with van der Waals surface area (Å²) in [5.41, 5.74) is 4.83. The van der Waals surface area contributed by atoms with Gasteiger partial charge in [-0.25, -0.2) is 10.2 Å². The average Bonchev–Trinajstić information content (AvgIpc) is 2.49. The maximum Gasteiger partial charge on any atom is 0.412 e. The Balaban J connectivity index is 1.99. The molecule has 0 aromatic heterocycles. The molecule has 0 saturated carbocycles. The van der Waals surface area contributed by atoms with E-state index in [1.165, 1.54) is 0 Å². The lowest BCUT2D eigenvalue weighted by atomic mass is 9.94. The van der Waals surface area contributed by atoms with Crippen LogP contribution < -0.4 is 10.7 Å². The van der Waals surface area contributed by atoms with E-state index >= 15 is 0 Å². The molecule has 6 nitrogen and oxygen atoms in total. The molecular formula is C16H17N3O3. The molecule has 0 radical (unpaired) electrons. The molecule has 0 aliphatic carbocycles. The molecule has 0 spiro atoms. The third kappa shape index (κ3) is 4.09. The predicted molar refractivity (Wildman–Crippen MR) is 83.3 cm³/mol. The molecule has 0 saturated heterocycles. The van der Waals surface area contributed by atoms with Crippen molar-refractivity contribution in [2.24, 2.45) is 11.0 Å². The highest BCUT2D eigenvalue weighted by Gasteiger charge is 2.21. The van der Waals surface area contributed by atoms with E-state index in [4.69, 9.17) is 4.74 Å². The zero-order valence-electron chi connectivity index (χ0n) is 12.5. The normalized spacial score (nSPS) is 16.7. The van der Waals surface area contributed by atoms with Gasteiger partial charge in [-0.1, -0.05) is 25.0 Å². The number of hydrogen-bond donors (Lipinski definition) is 2. The van der Waals surface area contributed by atoms with Gasteiger partial charge in [-0.15, -0.1) is 5.92 Å². The summed E-state index contributed by atoms with van der Waals surface area (Å²) in [6.07, 6.45) is -0.130. The number of benzene rings is 1. The molecule has 2 N–H and O–H groups in total. The van der Waals surface area contributed by atoms with E-state index in [1.807, 2.05) is 19.1 Å². The Bertz CT molecular complexity index is 653. The number of anilines is 1. The van der Waals surface area contributed by atoms with Gasteiger partial charge in [-0.3, -0.25) is 10.1 Å². The van der Waals surface area contributed by atoms with Crippen molar-refractivity contribution in [3.8, 4) is 11.8 Å². The molecule has 0 fully saturated rings. The molecule has 2 amide bonds. The van der Waals surface area contributed by atoms with Crippen LogP contribution in [0.5, 0.6) is 0 Å². The van der Waals surface area contributed by atoms with E-state index in [9.17, 15) is 9.59 Å². The lowest BCUT2D eigenvalue weighted by molar-refractivity contribution is -0.121. The zero-order chi connectivity index (χ0) is 15.9. The number of hydrazone groups is 1. The second-order valence-electron chi connectivity index (χ2n) is 4.84. The van der Waals surface area contributed by atoms with Crippen LogP contribution in [0.4, 0.5) is 10.5 Å². The molecule has 0 bridgehead atoms. The fourth-order valence-corrected chi connectivity index (χ4v) is 2.05. The van der Waals surface area contributed by atoms with Gasteiger partial charge in [-0.05, 0) is 24.6 Å². The Morgan fingerprint density at radius 3 is 2.82 bits per heavy atom. The molecule has 2 rings (SSSR count). The highest BCUT2D eigenvalue weighted by atomic mass is 16.5. The summed E-state index contributed by atoms with van der Waals surface area (Å²) in [7, 11) is 0. The highest BCUT2D eigenvalue weighted by molar-refractivity contribution is 6.06. The zero-order valence-corrected chi connectivity index (χ0v) is 12.5. The summed E-state index contributed by atoms with van der Waals surface area (Å²) in [5.74, 6) is 5.27. The number of nitrogens with zero attached hydrogens (tertiary/aromatic N) is 1. The van der Waals surface area contributed by atoms with Crippen molar-refractivity contribution in [3.63, 3.8) is 0 Å². The fraction of sp³-hybridized carbons (Fsp3) is 0.312. The Labute approximate surface area is 128 Å². The van der Waals surface area contributed by atoms with Crippen molar-refractivity contribution in [2.45, 2.75) is 20.3 Å². The summed E-state index contributed by atoms with van der Waals surface area (Å²) in [6.45, 7) is 3.70. The summed E-state index contributed by atoms with van der Waals surface area (Å²) in [4.78, 5) is 22.7. The van der Waals surface area contributed by atoms with E-state index in [2.05, 4.69) is 27.7 Å². The van der Waals surface area contributed by atoms with Crippen molar-refractivity contribution in [3.05, 3.63) is 29.8 Å². The average molecular weight is 299 g/mol. The Hall–Kier alpha value is -2.81. The second kappa shape index (κ2) is 7.27. The maximum atomic E-state index is 11.5. The van der Waals surface area contributed by atoms with E-state index < -0.39 is 6.09 Å². The summed E-state index contributed by atoms with van der Waals surface area (Å²) < 4.78 is 4.87. The number of rotatable bonds is 3. The molecule has 22 heavy (non-hydrogen) atoms. The van der Waals surface area contributed by atoms with Crippen molar-refractivity contribution in [1.29, 1.82) is 0 Å². The third-order valence-corrected chi connectivity index (χ3v) is 3.14. The van der Waals surface area contributed by atoms with Gasteiger partial charge < -0.3 is 4.74 Å². The summed E-state index contributed by atoms with van der Waals surface area (Å²) in [5, 5.41) is 6.70. The minimum atomic E-state index is -0.550. The van der Waals surface area contributed by atoms with E-state index in [-0.39, 0.29) is 18.4 Å². The Kier molecular flexibility index (Phi) is 5.15. The molecule has 114 valence electrons. The molecule has 6 heteroatoms. The predicted octanol–water partition coefficient (Wildman–Crippen LogP) is 2.12. The maximum absolute atomic E-state index is 11.5. The number of nitrogens with one attached hydrogen (secondary N) is 2. The van der Waals surface area contributed by atoms with Crippen LogP contribution >= 0.6 is 0 Å². The van der Waals surface area contributed by atoms with E-state index in [0.29, 0.717) is 12.1 Å². The lowest BCUT2D eigenvalue weighted by Crippen LogP contribution is -2.31. The van der Waals surface area contributed by atoms with Crippen LogP contribution in [0.2, 0.25) is 0 Å². The van der Waals surface area contributed by atoms with Crippen molar-refractivity contribution >= 4 is 23.4 Å². The van der Waals surface area contributed by atoms with Gasteiger partial charge in [0.15, 0.2) is 6.61 Å². The topological polar surface area (TPSA) is 79.8 Å². The highest BCUT2D eigenvalue weighted by Crippen LogP contribution is 2.18. The van der Waals surface area contributed by atoms with Crippen molar-refractivity contribution < 1.29 is 14.3 Å². The number of ether oxygens (including phenoxy) is 1. The van der Waals surface area contributed by atoms with Crippen LogP contribution in [0.3, 0.4) is 0 Å².